The summed E-state index contributed by atoms with van der Waals surface area (Å²) in [6.07, 6.45) is 3.25. The first-order chi connectivity index (χ1) is 8.79. The number of nitrogens with zero attached hydrogens (tertiary/aromatic N) is 3. The Bertz CT molecular complexity index is 770. The Morgan fingerprint density at radius 1 is 1.22 bits per heavy atom. The van der Waals surface area contributed by atoms with Crippen LogP contribution in [0.1, 0.15) is 5.56 Å². The van der Waals surface area contributed by atoms with E-state index < -0.39 is 0 Å². The van der Waals surface area contributed by atoms with E-state index in [1.807, 2.05) is 12.1 Å². The molecule has 0 aliphatic rings. The monoisotopic (exact) mass is 236 g/mol. The topological polar surface area (TPSA) is 85.6 Å². The minimum Gasteiger partial charge on any atom is -0.507 e. The lowest BCUT2D eigenvalue weighted by Gasteiger charge is -2.03. The van der Waals surface area contributed by atoms with E-state index in [0.29, 0.717) is 0 Å². The number of nitrogens with one attached hydrogen (secondary N) is 1. The molecule has 0 amide bonds. The third-order valence-corrected chi connectivity index (χ3v) is 2.74. The second-order valence-corrected chi connectivity index (χ2v) is 3.81. The minimum absolute atomic E-state index is 0.0272. The van der Waals surface area contributed by atoms with Gasteiger partial charge >= 0.3 is 0 Å². The number of aromatic hydroxyl groups is 1. The van der Waals surface area contributed by atoms with E-state index >= 15 is 0 Å². The average molecular weight is 236 g/mol. The number of aromatic amines is 1. The van der Waals surface area contributed by atoms with E-state index in [-0.39, 0.29) is 11.3 Å². The third-order valence-electron chi connectivity index (χ3n) is 2.74. The van der Waals surface area contributed by atoms with Crippen molar-refractivity contribution in [3.8, 4) is 23.1 Å². The zero-order valence-corrected chi connectivity index (χ0v) is 9.25. The highest BCUT2D eigenvalue weighted by molar-refractivity contribution is 5.90. The van der Waals surface area contributed by atoms with Crippen LogP contribution < -0.4 is 0 Å². The molecular weight excluding hydrogens is 228 g/mol. The van der Waals surface area contributed by atoms with Gasteiger partial charge in [0.05, 0.1) is 11.3 Å². The molecule has 0 saturated heterocycles. The molecule has 0 bridgehead atoms. The van der Waals surface area contributed by atoms with Crippen LogP contribution in [0, 0.1) is 11.3 Å². The molecule has 3 rings (SSSR count). The van der Waals surface area contributed by atoms with Gasteiger partial charge in [-0.15, -0.1) is 0 Å². The fraction of sp³-hybridized carbons (Fsp3) is 0. The number of nitriles is 1. The van der Waals surface area contributed by atoms with Crippen molar-refractivity contribution in [3.05, 3.63) is 42.4 Å². The fourth-order valence-electron chi connectivity index (χ4n) is 1.88. The van der Waals surface area contributed by atoms with Gasteiger partial charge in [-0.05, 0) is 24.3 Å². The van der Waals surface area contributed by atoms with Crippen LogP contribution in [0.4, 0.5) is 0 Å². The molecule has 2 aromatic heterocycles. The van der Waals surface area contributed by atoms with Crippen molar-refractivity contribution in [1.29, 1.82) is 5.26 Å². The molecule has 0 radical (unpaired) electrons. The number of phenolic OH excluding ortho intramolecular Hbond substituents is 1. The smallest absolute Gasteiger partial charge is 0.141 e. The van der Waals surface area contributed by atoms with Gasteiger partial charge in [-0.1, -0.05) is 0 Å². The maximum absolute atomic E-state index is 9.49. The number of hydrogen-bond donors (Lipinski definition) is 2. The van der Waals surface area contributed by atoms with Gasteiger partial charge in [0.1, 0.15) is 23.8 Å². The van der Waals surface area contributed by atoms with Crippen molar-refractivity contribution in [3.63, 3.8) is 0 Å². The van der Waals surface area contributed by atoms with E-state index in [1.54, 1.807) is 18.3 Å². The summed E-state index contributed by atoms with van der Waals surface area (Å²) < 4.78 is 0. The molecule has 0 unspecified atom stereocenters. The summed E-state index contributed by atoms with van der Waals surface area (Å²) >= 11 is 0. The summed E-state index contributed by atoms with van der Waals surface area (Å²) in [6.45, 7) is 0. The number of hydrogen-bond acceptors (Lipinski definition) is 4. The quantitative estimate of drug-likeness (QED) is 0.678. The summed E-state index contributed by atoms with van der Waals surface area (Å²) in [5.74, 6) is -0.0272. The Kier molecular flexibility index (Phi) is 2.21. The first-order valence-electron chi connectivity index (χ1n) is 5.31. The van der Waals surface area contributed by atoms with Gasteiger partial charge in [-0.3, -0.25) is 0 Å². The molecule has 0 atom stereocenters. The molecule has 86 valence electrons. The number of fused-ring (bicyclic) bond motifs is 1. The van der Waals surface area contributed by atoms with Crippen molar-refractivity contribution in [1.82, 2.24) is 15.0 Å². The molecule has 5 nitrogen and oxygen atoms in total. The second-order valence-electron chi connectivity index (χ2n) is 3.81. The van der Waals surface area contributed by atoms with Gasteiger partial charge in [0.25, 0.3) is 0 Å². The summed E-state index contributed by atoms with van der Waals surface area (Å²) in [4.78, 5) is 11.3. The fourth-order valence-corrected chi connectivity index (χ4v) is 1.88. The van der Waals surface area contributed by atoms with Gasteiger partial charge in [0.15, 0.2) is 0 Å². The maximum Gasteiger partial charge on any atom is 0.141 e. The highest BCUT2D eigenvalue weighted by Gasteiger charge is 2.09. The molecule has 0 aliphatic carbocycles. The molecule has 1 aromatic carbocycles. The van der Waals surface area contributed by atoms with Gasteiger partial charge in [-0.25, -0.2) is 9.97 Å². The summed E-state index contributed by atoms with van der Waals surface area (Å²) in [7, 11) is 0. The first-order valence-corrected chi connectivity index (χ1v) is 5.31. The molecule has 2 heterocycles. The zero-order valence-electron chi connectivity index (χ0n) is 9.25. The molecule has 2 N–H and O–H groups in total. The van der Waals surface area contributed by atoms with Crippen LogP contribution in [0.5, 0.6) is 5.75 Å². The highest BCUT2D eigenvalue weighted by Crippen LogP contribution is 2.28. The Morgan fingerprint density at radius 2 is 2.11 bits per heavy atom. The molecule has 3 aromatic rings. The van der Waals surface area contributed by atoms with Crippen LogP contribution in [0.25, 0.3) is 22.3 Å². The predicted molar refractivity (Wildman–Crippen MR) is 65.7 cm³/mol. The number of benzene rings is 1. The molecule has 5 heteroatoms. The molecular formula is C13H8N4O. The molecule has 18 heavy (non-hydrogen) atoms. The highest BCUT2D eigenvalue weighted by atomic mass is 16.3. The van der Waals surface area contributed by atoms with Gasteiger partial charge in [0.2, 0.25) is 0 Å². The van der Waals surface area contributed by atoms with Gasteiger partial charge < -0.3 is 10.1 Å². The number of aromatic nitrogens is 3. The molecule has 0 spiro atoms. The number of rotatable bonds is 1. The zero-order chi connectivity index (χ0) is 12.5. The Hall–Kier alpha value is -2.87. The second kappa shape index (κ2) is 3.86. The van der Waals surface area contributed by atoms with E-state index in [2.05, 4.69) is 15.0 Å². The third kappa shape index (κ3) is 1.48. The predicted octanol–water partition coefficient (Wildman–Crippen LogP) is 2.20. The van der Waals surface area contributed by atoms with Crippen molar-refractivity contribution in [2.24, 2.45) is 0 Å². The summed E-state index contributed by atoms with van der Waals surface area (Å²) in [6, 6.07) is 8.66. The normalized spacial score (nSPS) is 10.4. The lowest BCUT2D eigenvalue weighted by molar-refractivity contribution is 0.473. The van der Waals surface area contributed by atoms with Crippen LogP contribution in [0.3, 0.4) is 0 Å². The lowest BCUT2D eigenvalue weighted by Crippen LogP contribution is -1.88. The van der Waals surface area contributed by atoms with Crippen LogP contribution >= 0.6 is 0 Å². The first kappa shape index (κ1) is 10.3. The van der Waals surface area contributed by atoms with Crippen LogP contribution in [0.2, 0.25) is 0 Å². The molecule has 0 aliphatic heterocycles. The number of phenols is 1. The largest absolute Gasteiger partial charge is 0.507 e. The van der Waals surface area contributed by atoms with Gasteiger partial charge in [0, 0.05) is 17.1 Å². The summed E-state index contributed by atoms with van der Waals surface area (Å²) in [5, 5.41) is 19.3. The van der Waals surface area contributed by atoms with Gasteiger partial charge in [-0.2, -0.15) is 5.26 Å². The lowest BCUT2D eigenvalue weighted by atomic mass is 10.1. The minimum atomic E-state index is -0.0272. The SMILES string of the molecule is N#Cc1cc(-c2ncnc3[nH]ccc23)ccc1O. The Morgan fingerprint density at radius 3 is 2.94 bits per heavy atom. The Labute approximate surface area is 102 Å². The molecule has 0 saturated carbocycles. The van der Waals surface area contributed by atoms with Crippen LogP contribution in [0.15, 0.2) is 36.8 Å². The van der Waals surface area contributed by atoms with Crippen molar-refractivity contribution in [2.75, 3.05) is 0 Å². The standard InChI is InChI=1S/C13H8N4O/c14-6-9-5-8(1-2-11(9)18)12-10-3-4-15-13(10)17-7-16-12/h1-5,7,18H,(H,15,16,17). The summed E-state index contributed by atoms with van der Waals surface area (Å²) in [5.41, 5.74) is 2.48. The van der Waals surface area contributed by atoms with E-state index in [0.717, 1.165) is 22.3 Å². The van der Waals surface area contributed by atoms with E-state index in [4.69, 9.17) is 5.26 Å². The number of H-pyrrole nitrogens is 1. The van der Waals surface area contributed by atoms with Crippen LogP contribution in [-0.2, 0) is 0 Å². The van der Waals surface area contributed by atoms with E-state index in [1.165, 1.54) is 12.4 Å². The van der Waals surface area contributed by atoms with Crippen molar-refractivity contribution >= 4 is 11.0 Å². The van der Waals surface area contributed by atoms with Crippen molar-refractivity contribution < 1.29 is 5.11 Å². The van der Waals surface area contributed by atoms with Crippen LogP contribution in [-0.4, -0.2) is 20.1 Å². The van der Waals surface area contributed by atoms with Crippen molar-refractivity contribution in [2.45, 2.75) is 0 Å². The van der Waals surface area contributed by atoms with E-state index in [9.17, 15) is 5.11 Å². The molecule has 0 fully saturated rings. The maximum atomic E-state index is 9.49. The average Bonchev–Trinajstić information content (AvgIpc) is 2.87. The Balaban J connectivity index is 2.27.